The molecule has 0 amide bonds. The van der Waals surface area contributed by atoms with Crippen LogP contribution in [0.5, 0.6) is 17.2 Å². The highest BCUT2D eigenvalue weighted by atomic mass is 16.6. The second-order valence-electron chi connectivity index (χ2n) is 3.53. The van der Waals surface area contributed by atoms with E-state index in [0.717, 1.165) is 0 Å². The monoisotopic (exact) mass is 256 g/mol. The van der Waals surface area contributed by atoms with Gasteiger partial charge in [-0.25, -0.2) is 0 Å². The normalized spacial score (nSPS) is 10.2. The van der Waals surface area contributed by atoms with E-state index < -0.39 is 0 Å². The second-order valence-corrected chi connectivity index (χ2v) is 3.53. The summed E-state index contributed by atoms with van der Waals surface area (Å²) < 4.78 is 21.3. The third kappa shape index (κ3) is 3.78. The van der Waals surface area contributed by atoms with E-state index in [-0.39, 0.29) is 6.61 Å². The maximum atomic E-state index is 9.14. The third-order valence-electron chi connectivity index (χ3n) is 2.38. The second kappa shape index (κ2) is 7.79. The van der Waals surface area contributed by atoms with E-state index in [1.165, 1.54) is 0 Å². The molecule has 0 heterocycles. The molecule has 0 fully saturated rings. The molecule has 1 aromatic carbocycles. The lowest BCUT2D eigenvalue weighted by Crippen LogP contribution is -2.08. The van der Waals surface area contributed by atoms with Gasteiger partial charge in [0.25, 0.3) is 0 Å². The van der Waals surface area contributed by atoms with Crippen LogP contribution in [0.2, 0.25) is 0 Å². The van der Waals surface area contributed by atoms with E-state index in [1.807, 2.05) is 6.92 Å². The highest BCUT2D eigenvalue weighted by molar-refractivity contribution is 5.53. The van der Waals surface area contributed by atoms with Crippen LogP contribution in [0.15, 0.2) is 12.1 Å². The highest BCUT2D eigenvalue weighted by Gasteiger charge is 2.13. The van der Waals surface area contributed by atoms with E-state index >= 15 is 0 Å². The molecule has 0 bridgehead atoms. The van der Waals surface area contributed by atoms with Crippen LogP contribution in [-0.2, 0) is 11.3 Å². The maximum absolute atomic E-state index is 9.14. The number of ether oxygens (including phenoxy) is 4. The molecule has 0 saturated heterocycles. The summed E-state index contributed by atoms with van der Waals surface area (Å²) in [6, 6.07) is 3.44. The Morgan fingerprint density at radius 3 is 2.11 bits per heavy atom. The van der Waals surface area contributed by atoms with Gasteiger partial charge in [-0.1, -0.05) is 0 Å². The molecule has 5 nitrogen and oxygen atoms in total. The summed E-state index contributed by atoms with van der Waals surface area (Å²) in [6.45, 7) is 3.42. The molecule has 0 aliphatic carbocycles. The first-order valence-electron chi connectivity index (χ1n) is 5.83. The Morgan fingerprint density at radius 2 is 1.67 bits per heavy atom. The predicted octanol–water partition coefficient (Wildman–Crippen LogP) is 1.61. The van der Waals surface area contributed by atoms with Gasteiger partial charge in [0.2, 0.25) is 5.75 Å². The Bertz CT molecular complexity index is 339. The lowest BCUT2D eigenvalue weighted by Gasteiger charge is -2.15. The van der Waals surface area contributed by atoms with Crippen LogP contribution in [0, 0.1) is 0 Å². The maximum Gasteiger partial charge on any atom is 0.203 e. The summed E-state index contributed by atoms with van der Waals surface area (Å²) in [5.41, 5.74) is 0.709. The van der Waals surface area contributed by atoms with Crippen molar-refractivity contribution < 1.29 is 24.1 Å². The fourth-order valence-electron chi connectivity index (χ4n) is 1.51. The smallest absolute Gasteiger partial charge is 0.203 e. The average Bonchev–Trinajstić information content (AvgIpc) is 2.42. The quantitative estimate of drug-likeness (QED) is 0.716. The summed E-state index contributed by atoms with van der Waals surface area (Å²) >= 11 is 0. The molecule has 1 aromatic rings. The van der Waals surface area contributed by atoms with Gasteiger partial charge in [-0.15, -0.1) is 0 Å². The first kappa shape index (κ1) is 14.6. The molecule has 102 valence electrons. The Morgan fingerprint density at radius 1 is 1.06 bits per heavy atom. The SMILES string of the molecule is CCOCCOc1c(OC)cc(CO)cc1OC. The molecule has 1 rings (SSSR count). The minimum Gasteiger partial charge on any atom is -0.493 e. The van der Waals surface area contributed by atoms with Crippen LogP contribution in [0.25, 0.3) is 0 Å². The molecule has 5 heteroatoms. The molecule has 0 radical (unpaired) electrons. The first-order chi connectivity index (χ1) is 8.76. The van der Waals surface area contributed by atoms with Gasteiger partial charge >= 0.3 is 0 Å². The van der Waals surface area contributed by atoms with Crippen LogP contribution in [0.3, 0.4) is 0 Å². The number of hydrogen-bond acceptors (Lipinski definition) is 5. The van der Waals surface area contributed by atoms with Gasteiger partial charge in [0.15, 0.2) is 11.5 Å². The zero-order chi connectivity index (χ0) is 13.4. The van der Waals surface area contributed by atoms with E-state index in [9.17, 15) is 0 Å². The van der Waals surface area contributed by atoms with E-state index in [2.05, 4.69) is 0 Å². The summed E-state index contributed by atoms with van der Waals surface area (Å²) in [7, 11) is 3.09. The fourth-order valence-corrected chi connectivity index (χ4v) is 1.51. The highest BCUT2D eigenvalue weighted by Crippen LogP contribution is 2.38. The van der Waals surface area contributed by atoms with Gasteiger partial charge < -0.3 is 24.1 Å². The first-order valence-corrected chi connectivity index (χ1v) is 5.83. The van der Waals surface area contributed by atoms with Crippen LogP contribution in [0.1, 0.15) is 12.5 Å². The summed E-state index contributed by atoms with van der Waals surface area (Å²) in [4.78, 5) is 0. The lowest BCUT2D eigenvalue weighted by molar-refractivity contribution is 0.107. The topological polar surface area (TPSA) is 57.2 Å². The van der Waals surface area contributed by atoms with E-state index in [4.69, 9.17) is 24.1 Å². The van der Waals surface area contributed by atoms with Crippen molar-refractivity contribution in [1.82, 2.24) is 0 Å². The van der Waals surface area contributed by atoms with Gasteiger partial charge in [-0.3, -0.25) is 0 Å². The van der Waals surface area contributed by atoms with Crippen molar-refractivity contribution in [2.75, 3.05) is 34.0 Å². The van der Waals surface area contributed by atoms with Crippen molar-refractivity contribution in [2.45, 2.75) is 13.5 Å². The van der Waals surface area contributed by atoms with Crippen LogP contribution >= 0.6 is 0 Å². The molecule has 18 heavy (non-hydrogen) atoms. The minimum absolute atomic E-state index is 0.0774. The molecule has 0 aliphatic heterocycles. The summed E-state index contributed by atoms with van der Waals surface area (Å²) in [5.74, 6) is 1.60. The van der Waals surface area contributed by atoms with Crippen molar-refractivity contribution in [3.8, 4) is 17.2 Å². The molecular weight excluding hydrogens is 236 g/mol. The zero-order valence-electron chi connectivity index (χ0n) is 11.1. The Kier molecular flexibility index (Phi) is 6.32. The van der Waals surface area contributed by atoms with E-state index in [0.29, 0.717) is 42.6 Å². The van der Waals surface area contributed by atoms with Gasteiger partial charge in [0, 0.05) is 6.61 Å². The Hall–Kier alpha value is -1.46. The molecule has 0 aliphatic rings. The Balaban J connectivity index is 2.85. The van der Waals surface area contributed by atoms with Crippen LogP contribution in [0.4, 0.5) is 0 Å². The van der Waals surface area contributed by atoms with Crippen molar-refractivity contribution in [2.24, 2.45) is 0 Å². The fraction of sp³-hybridized carbons (Fsp3) is 0.538. The molecular formula is C13H20O5. The number of methoxy groups -OCH3 is 2. The predicted molar refractivity (Wildman–Crippen MR) is 67.5 cm³/mol. The molecule has 0 aromatic heterocycles. The Labute approximate surface area is 107 Å². The minimum atomic E-state index is -0.0774. The number of aliphatic hydroxyl groups is 1. The van der Waals surface area contributed by atoms with Gasteiger partial charge in [-0.2, -0.15) is 0 Å². The standard InChI is InChI=1S/C13H20O5/c1-4-17-5-6-18-13-11(15-2)7-10(9-14)8-12(13)16-3/h7-8,14H,4-6,9H2,1-3H3. The molecule has 0 spiro atoms. The van der Waals surface area contributed by atoms with E-state index in [1.54, 1.807) is 26.4 Å². The molecule has 0 unspecified atom stereocenters. The molecule has 0 saturated carbocycles. The van der Waals surface area contributed by atoms with Crippen molar-refractivity contribution in [3.05, 3.63) is 17.7 Å². The van der Waals surface area contributed by atoms with Crippen LogP contribution in [-0.4, -0.2) is 39.1 Å². The number of aliphatic hydroxyl groups excluding tert-OH is 1. The van der Waals surface area contributed by atoms with Gasteiger partial charge in [-0.05, 0) is 24.6 Å². The van der Waals surface area contributed by atoms with Crippen LogP contribution < -0.4 is 14.2 Å². The van der Waals surface area contributed by atoms with Crippen molar-refractivity contribution in [1.29, 1.82) is 0 Å². The van der Waals surface area contributed by atoms with Gasteiger partial charge in [0.1, 0.15) is 6.61 Å². The number of hydrogen-bond donors (Lipinski definition) is 1. The molecule has 0 atom stereocenters. The number of rotatable bonds is 8. The zero-order valence-corrected chi connectivity index (χ0v) is 11.1. The van der Waals surface area contributed by atoms with Crippen molar-refractivity contribution in [3.63, 3.8) is 0 Å². The largest absolute Gasteiger partial charge is 0.493 e. The average molecular weight is 256 g/mol. The lowest BCUT2D eigenvalue weighted by atomic mass is 10.2. The van der Waals surface area contributed by atoms with Crippen molar-refractivity contribution >= 4 is 0 Å². The summed E-state index contributed by atoms with van der Waals surface area (Å²) in [5, 5.41) is 9.14. The van der Waals surface area contributed by atoms with Gasteiger partial charge in [0.05, 0.1) is 27.4 Å². The third-order valence-corrected chi connectivity index (χ3v) is 2.38. The molecule has 1 N–H and O–H groups in total. The number of benzene rings is 1. The summed E-state index contributed by atoms with van der Waals surface area (Å²) in [6.07, 6.45) is 0.